The van der Waals surface area contributed by atoms with Crippen LogP contribution in [0.2, 0.25) is 0 Å². The molecule has 8 heteroatoms. The third kappa shape index (κ3) is 8.03. The summed E-state index contributed by atoms with van der Waals surface area (Å²) < 4.78 is 6.36. The lowest BCUT2D eigenvalue weighted by Crippen LogP contribution is -2.38. The Morgan fingerprint density at radius 1 is 0.875 bits per heavy atom. The molecule has 2 atom stereocenters. The zero-order valence-corrected chi connectivity index (χ0v) is 30.0. The Morgan fingerprint density at radius 3 is 2.08 bits per heavy atom. The minimum absolute atomic E-state index is 0.0518. The topological polar surface area (TPSA) is 141 Å². The van der Waals surface area contributed by atoms with Gasteiger partial charge in [0.2, 0.25) is 0 Å². The van der Waals surface area contributed by atoms with Crippen LogP contribution in [-0.4, -0.2) is 43.4 Å². The van der Waals surface area contributed by atoms with E-state index in [9.17, 15) is 34.8 Å². The van der Waals surface area contributed by atoms with E-state index in [0.29, 0.717) is 19.3 Å². The largest absolute Gasteiger partial charge is 0.511 e. The molecule has 3 rings (SSSR count). The van der Waals surface area contributed by atoms with E-state index in [4.69, 9.17) is 4.74 Å². The van der Waals surface area contributed by atoms with Gasteiger partial charge in [0.15, 0.2) is 17.3 Å². The van der Waals surface area contributed by atoms with Crippen molar-refractivity contribution in [2.24, 2.45) is 5.41 Å². The molecule has 0 radical (unpaired) electrons. The predicted molar refractivity (Wildman–Crippen MR) is 190 cm³/mol. The molecule has 2 aliphatic rings. The molecule has 2 unspecified atom stereocenters. The number of phenolic OH excluding ortho intramolecular Hbond substituents is 2. The van der Waals surface area contributed by atoms with Crippen molar-refractivity contribution >= 4 is 23.4 Å². The Balaban J connectivity index is 2.19. The molecule has 1 aliphatic carbocycles. The minimum atomic E-state index is -1.60. The van der Waals surface area contributed by atoms with Crippen molar-refractivity contribution in [3.05, 3.63) is 80.4 Å². The van der Waals surface area contributed by atoms with Gasteiger partial charge in [0.05, 0.1) is 11.0 Å². The molecular weight excluding hydrogens is 608 g/mol. The summed E-state index contributed by atoms with van der Waals surface area (Å²) in [6.07, 6.45) is 12.5. The van der Waals surface area contributed by atoms with Crippen molar-refractivity contribution in [3.63, 3.8) is 0 Å². The number of rotatable bonds is 14. The number of carbonyl (C=O) groups excluding carboxylic acids is 3. The monoisotopic (exact) mass is 660 g/mol. The van der Waals surface area contributed by atoms with Gasteiger partial charge in [0, 0.05) is 24.0 Å². The number of aliphatic hydroxyl groups excluding tert-OH is 2. The van der Waals surface area contributed by atoms with E-state index < -0.39 is 63.4 Å². The van der Waals surface area contributed by atoms with E-state index in [-0.39, 0.29) is 40.9 Å². The molecule has 8 nitrogen and oxygen atoms in total. The average Bonchev–Trinajstić information content (AvgIpc) is 2.98. The van der Waals surface area contributed by atoms with E-state index in [1.165, 1.54) is 12.5 Å². The minimum Gasteiger partial charge on any atom is -0.511 e. The molecule has 48 heavy (non-hydrogen) atoms. The lowest BCUT2D eigenvalue weighted by atomic mass is 9.70. The standard InChI is InChI=1S/C40H52O8/c1-10-13-30(42)32-34(44)28(33(43)27-18-20-39(8,48-36(27)32)19-12-15-24(4)5)22-29-35(45)31(26(7)41)38(47)40(9,37(29)46)21-17-25(6)16-11-14-23(2)3/h14-15,17-18,20,43-46H,10-13,16,19,21-22H2,1-9H3. The van der Waals surface area contributed by atoms with E-state index in [1.54, 1.807) is 12.2 Å². The molecule has 4 N–H and O–H groups in total. The van der Waals surface area contributed by atoms with Gasteiger partial charge in [-0.3, -0.25) is 14.4 Å². The van der Waals surface area contributed by atoms with Gasteiger partial charge in [-0.1, -0.05) is 41.9 Å². The van der Waals surface area contributed by atoms with Crippen LogP contribution in [0.1, 0.15) is 129 Å². The molecule has 0 bridgehead atoms. The van der Waals surface area contributed by atoms with Gasteiger partial charge in [-0.25, -0.2) is 0 Å². The summed E-state index contributed by atoms with van der Waals surface area (Å²) in [5.41, 5.74) is 0.209. The van der Waals surface area contributed by atoms with Crippen LogP contribution in [0.15, 0.2) is 63.7 Å². The fraction of sp³-hybridized carbons (Fsp3) is 0.475. The maximum atomic E-state index is 13.7. The lowest BCUT2D eigenvalue weighted by Gasteiger charge is -2.35. The normalized spacial score (nSPS) is 20.8. The first-order valence-electron chi connectivity index (χ1n) is 16.7. The number of aromatic hydroxyl groups is 2. The fourth-order valence-corrected chi connectivity index (χ4v) is 6.14. The smallest absolute Gasteiger partial charge is 0.183 e. The second kappa shape index (κ2) is 15.3. The van der Waals surface area contributed by atoms with Gasteiger partial charge in [0.1, 0.15) is 45.5 Å². The van der Waals surface area contributed by atoms with Gasteiger partial charge in [-0.05, 0) is 106 Å². The highest BCUT2D eigenvalue weighted by atomic mass is 16.5. The molecule has 1 aromatic rings. The molecule has 0 aromatic heterocycles. The Bertz CT molecular complexity index is 1670. The molecular formula is C40H52O8. The maximum Gasteiger partial charge on any atom is 0.183 e. The number of hydrogen-bond donors (Lipinski definition) is 4. The van der Waals surface area contributed by atoms with Gasteiger partial charge < -0.3 is 25.2 Å². The summed E-state index contributed by atoms with van der Waals surface area (Å²) in [5, 5.41) is 46.2. The lowest BCUT2D eigenvalue weighted by molar-refractivity contribution is -0.127. The van der Waals surface area contributed by atoms with Crippen LogP contribution in [0.4, 0.5) is 0 Å². The molecule has 1 heterocycles. The van der Waals surface area contributed by atoms with Crippen LogP contribution in [0.5, 0.6) is 17.2 Å². The third-order valence-corrected chi connectivity index (χ3v) is 9.14. The zero-order chi connectivity index (χ0) is 36.1. The van der Waals surface area contributed by atoms with Crippen molar-refractivity contribution in [2.75, 3.05) is 0 Å². The van der Waals surface area contributed by atoms with E-state index in [1.807, 2.05) is 54.5 Å². The van der Waals surface area contributed by atoms with Gasteiger partial charge in [-0.15, -0.1) is 0 Å². The Labute approximate surface area is 284 Å². The van der Waals surface area contributed by atoms with Crippen LogP contribution >= 0.6 is 0 Å². The first-order valence-corrected chi connectivity index (χ1v) is 16.7. The van der Waals surface area contributed by atoms with Gasteiger partial charge >= 0.3 is 0 Å². The summed E-state index contributed by atoms with van der Waals surface area (Å²) >= 11 is 0. The SMILES string of the molecule is CCCC(=O)c1c(O)c(CC2=C(O)C(C)(CC=C(C)CCC=C(C)C)C(=O)C(C(C)=O)=C2O)c(O)c2c1OC(C)(CCC=C(C)C)C=C2. The predicted octanol–water partition coefficient (Wildman–Crippen LogP) is 9.42. The summed E-state index contributed by atoms with van der Waals surface area (Å²) in [6, 6.07) is 0. The number of ketones is 3. The summed E-state index contributed by atoms with van der Waals surface area (Å²) in [4.78, 5) is 39.9. The first kappa shape index (κ1) is 38.1. The number of hydrogen-bond acceptors (Lipinski definition) is 8. The molecule has 0 fully saturated rings. The van der Waals surface area contributed by atoms with E-state index in [0.717, 1.165) is 30.9 Å². The molecule has 1 aliphatic heterocycles. The highest BCUT2D eigenvalue weighted by molar-refractivity contribution is 6.23. The summed E-state index contributed by atoms with van der Waals surface area (Å²) in [5.74, 6) is -3.86. The summed E-state index contributed by atoms with van der Waals surface area (Å²) in [7, 11) is 0. The van der Waals surface area contributed by atoms with Crippen LogP contribution in [0, 0.1) is 5.41 Å². The summed E-state index contributed by atoms with van der Waals surface area (Å²) in [6.45, 7) is 16.3. The van der Waals surface area contributed by atoms with Crippen LogP contribution in [0.3, 0.4) is 0 Å². The second-order valence-electron chi connectivity index (χ2n) is 14.1. The molecule has 0 amide bonds. The number of Topliss-reactive ketones (excluding diaryl/α,β-unsaturated/α-hetero) is 3. The molecule has 0 spiro atoms. The Hall–Kier alpha value is -4.33. The van der Waals surface area contributed by atoms with Crippen LogP contribution < -0.4 is 4.74 Å². The number of allylic oxidation sites excluding steroid dienone is 9. The first-order chi connectivity index (χ1) is 22.4. The number of benzene rings is 1. The number of carbonyl (C=O) groups is 3. The van der Waals surface area contributed by atoms with Crippen LogP contribution in [-0.2, 0) is 16.0 Å². The van der Waals surface area contributed by atoms with Crippen molar-refractivity contribution < 1.29 is 39.5 Å². The van der Waals surface area contributed by atoms with E-state index >= 15 is 0 Å². The second-order valence-corrected chi connectivity index (χ2v) is 14.1. The molecule has 260 valence electrons. The molecule has 1 aromatic carbocycles. The highest BCUT2D eigenvalue weighted by Gasteiger charge is 2.47. The Kier molecular flexibility index (Phi) is 12.1. The quantitative estimate of drug-likeness (QED) is 0.0879. The Morgan fingerprint density at radius 2 is 1.50 bits per heavy atom. The third-order valence-electron chi connectivity index (χ3n) is 9.14. The molecule has 0 saturated heterocycles. The average molecular weight is 661 g/mol. The number of ether oxygens (including phenoxy) is 1. The molecule has 0 saturated carbocycles. The van der Waals surface area contributed by atoms with Crippen molar-refractivity contribution in [2.45, 2.75) is 119 Å². The number of phenols is 2. The van der Waals surface area contributed by atoms with E-state index in [2.05, 4.69) is 12.2 Å². The van der Waals surface area contributed by atoms with Gasteiger partial charge in [-0.2, -0.15) is 0 Å². The maximum absolute atomic E-state index is 13.7. The fourth-order valence-electron chi connectivity index (χ4n) is 6.14. The van der Waals surface area contributed by atoms with Crippen molar-refractivity contribution in [1.82, 2.24) is 0 Å². The number of aliphatic hydroxyl groups is 2. The van der Waals surface area contributed by atoms with Gasteiger partial charge in [0.25, 0.3) is 0 Å². The van der Waals surface area contributed by atoms with Crippen molar-refractivity contribution in [3.8, 4) is 17.2 Å². The number of fused-ring (bicyclic) bond motifs is 1. The van der Waals surface area contributed by atoms with Crippen molar-refractivity contribution in [1.29, 1.82) is 0 Å². The highest BCUT2D eigenvalue weighted by Crippen LogP contribution is 2.50. The zero-order valence-electron chi connectivity index (χ0n) is 30.0. The van der Waals surface area contributed by atoms with Crippen LogP contribution in [0.25, 0.3) is 6.08 Å².